The first-order chi connectivity index (χ1) is 9.13. The number of rotatable bonds is 2. The molecule has 1 aromatic rings. The number of carbonyl (C=O) groups excluding carboxylic acids is 1. The Kier molecular flexibility index (Phi) is 3.22. The van der Waals surface area contributed by atoms with Crippen LogP contribution in [-0.2, 0) is 7.05 Å². The van der Waals surface area contributed by atoms with Crippen molar-refractivity contribution in [3.8, 4) is 0 Å². The van der Waals surface area contributed by atoms with Gasteiger partial charge in [-0.25, -0.2) is 0 Å². The summed E-state index contributed by atoms with van der Waals surface area (Å²) in [5.41, 5.74) is 6.99. The van der Waals surface area contributed by atoms with Gasteiger partial charge in [-0.15, -0.1) is 0 Å². The van der Waals surface area contributed by atoms with E-state index in [1.165, 1.54) is 19.4 Å². The number of nitrogen functional groups attached to an aromatic ring is 1. The highest BCUT2D eigenvalue weighted by molar-refractivity contribution is 5.94. The monoisotopic (exact) mass is 262 g/mol. The van der Waals surface area contributed by atoms with Gasteiger partial charge < -0.3 is 20.5 Å². The van der Waals surface area contributed by atoms with Crippen molar-refractivity contribution in [2.75, 3.05) is 18.8 Å². The Balaban J connectivity index is 1.62. The molecule has 3 N–H and O–H groups in total. The van der Waals surface area contributed by atoms with Gasteiger partial charge in [0, 0.05) is 31.9 Å². The summed E-state index contributed by atoms with van der Waals surface area (Å²) in [6, 6.07) is 2.72. The fraction of sp³-hybridized carbons (Fsp3) is 0.643. The maximum absolute atomic E-state index is 12.2. The standard InChI is InChI=1S/C14H22N4O/c1-17-9-10(15)7-13(17)14(19)16-11-4-6-18-5-2-3-12(18)8-11/h7,9,11-12H,2-6,8,15H2,1H3,(H,16,19). The molecule has 2 fully saturated rings. The van der Waals surface area contributed by atoms with Crippen molar-refractivity contribution in [3.63, 3.8) is 0 Å². The molecule has 0 aliphatic carbocycles. The molecule has 1 amide bonds. The minimum atomic E-state index is -0.00403. The van der Waals surface area contributed by atoms with E-state index in [1.54, 1.807) is 16.8 Å². The van der Waals surface area contributed by atoms with Gasteiger partial charge in [-0.05, 0) is 38.3 Å². The Bertz CT molecular complexity index is 482. The molecule has 5 nitrogen and oxygen atoms in total. The van der Waals surface area contributed by atoms with Gasteiger partial charge in [0.25, 0.3) is 5.91 Å². The van der Waals surface area contributed by atoms with Crippen molar-refractivity contribution < 1.29 is 4.79 Å². The Hall–Kier alpha value is -1.49. The molecule has 0 aromatic carbocycles. The average molecular weight is 262 g/mol. The number of hydrogen-bond acceptors (Lipinski definition) is 3. The normalized spacial score (nSPS) is 27.2. The minimum Gasteiger partial charge on any atom is -0.397 e. The predicted octanol–water partition coefficient (Wildman–Crippen LogP) is 0.964. The minimum absolute atomic E-state index is 0.00403. The summed E-state index contributed by atoms with van der Waals surface area (Å²) >= 11 is 0. The quantitative estimate of drug-likeness (QED) is 0.834. The Morgan fingerprint density at radius 2 is 2.26 bits per heavy atom. The van der Waals surface area contributed by atoms with Crippen molar-refractivity contribution in [1.82, 2.24) is 14.8 Å². The third kappa shape index (κ3) is 2.47. The zero-order valence-electron chi connectivity index (χ0n) is 11.4. The van der Waals surface area contributed by atoms with Crippen molar-refractivity contribution in [2.45, 2.75) is 37.8 Å². The van der Waals surface area contributed by atoms with Gasteiger partial charge in [0.15, 0.2) is 0 Å². The summed E-state index contributed by atoms with van der Waals surface area (Å²) in [6.07, 6.45) is 6.51. The second kappa shape index (κ2) is 4.89. The molecule has 1 aromatic heterocycles. The van der Waals surface area contributed by atoms with E-state index in [0.717, 1.165) is 19.4 Å². The zero-order valence-corrected chi connectivity index (χ0v) is 11.4. The number of amides is 1. The number of fused-ring (bicyclic) bond motifs is 1. The van der Waals surface area contributed by atoms with Crippen LogP contribution < -0.4 is 11.1 Å². The molecule has 0 radical (unpaired) electrons. The molecule has 0 saturated carbocycles. The molecular weight excluding hydrogens is 240 g/mol. The summed E-state index contributed by atoms with van der Waals surface area (Å²) in [6.45, 7) is 2.35. The molecule has 19 heavy (non-hydrogen) atoms. The first-order valence-electron chi connectivity index (χ1n) is 7.10. The van der Waals surface area contributed by atoms with Crippen molar-refractivity contribution in [3.05, 3.63) is 18.0 Å². The largest absolute Gasteiger partial charge is 0.397 e. The smallest absolute Gasteiger partial charge is 0.268 e. The van der Waals surface area contributed by atoms with Crippen LogP contribution in [0.3, 0.4) is 0 Å². The lowest BCUT2D eigenvalue weighted by Crippen LogP contribution is -2.47. The van der Waals surface area contributed by atoms with E-state index in [-0.39, 0.29) is 5.91 Å². The summed E-state index contributed by atoms with van der Waals surface area (Å²) in [5, 5.41) is 3.16. The van der Waals surface area contributed by atoms with Crippen LogP contribution in [0.1, 0.15) is 36.2 Å². The fourth-order valence-electron chi connectivity index (χ4n) is 3.43. The fourth-order valence-corrected chi connectivity index (χ4v) is 3.43. The molecule has 5 heteroatoms. The number of aryl methyl sites for hydroxylation is 1. The van der Waals surface area contributed by atoms with Gasteiger partial charge in [0.2, 0.25) is 0 Å². The van der Waals surface area contributed by atoms with Crippen molar-refractivity contribution in [1.29, 1.82) is 0 Å². The predicted molar refractivity (Wildman–Crippen MR) is 74.9 cm³/mol. The third-order valence-electron chi connectivity index (χ3n) is 4.41. The number of anilines is 1. The number of nitrogens with zero attached hydrogens (tertiary/aromatic N) is 2. The van der Waals surface area contributed by atoms with Crippen LogP contribution in [0.25, 0.3) is 0 Å². The first kappa shape index (κ1) is 12.5. The van der Waals surface area contributed by atoms with Crippen LogP contribution in [0.5, 0.6) is 0 Å². The van der Waals surface area contributed by atoms with Crippen molar-refractivity contribution >= 4 is 11.6 Å². The molecule has 2 saturated heterocycles. The lowest BCUT2D eigenvalue weighted by Gasteiger charge is -2.35. The SMILES string of the molecule is Cn1cc(N)cc1C(=O)NC1CCN2CCCC2C1. The summed E-state index contributed by atoms with van der Waals surface area (Å²) in [4.78, 5) is 14.8. The van der Waals surface area contributed by atoms with E-state index < -0.39 is 0 Å². The summed E-state index contributed by atoms with van der Waals surface area (Å²) < 4.78 is 1.79. The van der Waals surface area contributed by atoms with E-state index in [0.29, 0.717) is 23.5 Å². The summed E-state index contributed by atoms with van der Waals surface area (Å²) in [5.74, 6) is -0.00403. The van der Waals surface area contributed by atoms with E-state index in [2.05, 4.69) is 10.2 Å². The van der Waals surface area contributed by atoms with Gasteiger partial charge in [0.1, 0.15) is 5.69 Å². The molecule has 2 aliphatic rings. The highest BCUT2D eigenvalue weighted by atomic mass is 16.2. The van der Waals surface area contributed by atoms with E-state index in [9.17, 15) is 4.79 Å². The van der Waals surface area contributed by atoms with Crippen LogP contribution in [0.4, 0.5) is 5.69 Å². The number of nitrogens with two attached hydrogens (primary N) is 1. The van der Waals surface area contributed by atoms with Gasteiger partial charge in [-0.3, -0.25) is 4.79 Å². The third-order valence-corrected chi connectivity index (χ3v) is 4.41. The molecule has 3 rings (SSSR count). The van der Waals surface area contributed by atoms with Crippen LogP contribution in [0, 0.1) is 0 Å². The molecule has 2 atom stereocenters. The van der Waals surface area contributed by atoms with E-state index in [1.807, 2.05) is 7.05 Å². The molecule has 104 valence electrons. The maximum atomic E-state index is 12.2. The molecule has 2 aliphatic heterocycles. The molecule has 0 spiro atoms. The van der Waals surface area contributed by atoms with E-state index in [4.69, 9.17) is 5.73 Å². The average Bonchev–Trinajstić information content (AvgIpc) is 2.94. The number of aromatic nitrogens is 1. The second-order valence-corrected chi connectivity index (χ2v) is 5.80. The Morgan fingerprint density at radius 1 is 1.42 bits per heavy atom. The molecule has 0 bridgehead atoms. The van der Waals surface area contributed by atoms with Gasteiger partial charge in [-0.1, -0.05) is 0 Å². The van der Waals surface area contributed by atoms with Crippen LogP contribution in [-0.4, -0.2) is 40.5 Å². The topological polar surface area (TPSA) is 63.3 Å². The maximum Gasteiger partial charge on any atom is 0.268 e. The Labute approximate surface area is 113 Å². The van der Waals surface area contributed by atoms with Gasteiger partial charge in [0.05, 0.1) is 5.69 Å². The lowest BCUT2D eigenvalue weighted by atomic mass is 9.97. The van der Waals surface area contributed by atoms with Gasteiger partial charge >= 0.3 is 0 Å². The Morgan fingerprint density at radius 3 is 3.00 bits per heavy atom. The number of piperidine rings is 1. The lowest BCUT2D eigenvalue weighted by molar-refractivity contribution is 0.0888. The van der Waals surface area contributed by atoms with Crippen LogP contribution in [0.2, 0.25) is 0 Å². The number of hydrogen-bond donors (Lipinski definition) is 2. The molecular formula is C14H22N4O. The van der Waals surface area contributed by atoms with Crippen molar-refractivity contribution in [2.24, 2.45) is 7.05 Å². The molecule has 3 heterocycles. The highest BCUT2D eigenvalue weighted by Gasteiger charge is 2.32. The molecule has 2 unspecified atom stereocenters. The first-order valence-corrected chi connectivity index (χ1v) is 7.10. The van der Waals surface area contributed by atoms with E-state index >= 15 is 0 Å². The zero-order chi connectivity index (χ0) is 13.4. The van der Waals surface area contributed by atoms with Gasteiger partial charge in [-0.2, -0.15) is 0 Å². The second-order valence-electron chi connectivity index (χ2n) is 5.80. The van der Waals surface area contributed by atoms with Crippen LogP contribution >= 0.6 is 0 Å². The summed E-state index contributed by atoms with van der Waals surface area (Å²) in [7, 11) is 1.85. The number of nitrogens with one attached hydrogen (secondary N) is 1. The number of carbonyl (C=O) groups is 1. The van der Waals surface area contributed by atoms with Crippen LogP contribution in [0.15, 0.2) is 12.3 Å². The highest BCUT2D eigenvalue weighted by Crippen LogP contribution is 2.27.